The van der Waals surface area contributed by atoms with Crippen LogP contribution in [0.1, 0.15) is 60.3 Å². The van der Waals surface area contributed by atoms with Crippen molar-refractivity contribution in [1.29, 1.82) is 0 Å². The van der Waals surface area contributed by atoms with E-state index < -0.39 is 5.41 Å². The zero-order chi connectivity index (χ0) is 17.7. The van der Waals surface area contributed by atoms with E-state index in [-0.39, 0.29) is 24.5 Å². The average Bonchev–Trinajstić information content (AvgIpc) is 2.88. The molecule has 2 aliphatic rings. The summed E-state index contributed by atoms with van der Waals surface area (Å²) in [6.45, 7) is 12.1. The molecule has 0 aromatic heterocycles. The van der Waals surface area contributed by atoms with Gasteiger partial charge in [-0.3, -0.25) is 4.79 Å². The van der Waals surface area contributed by atoms with Crippen LogP contribution in [0.15, 0.2) is 0 Å². The highest BCUT2D eigenvalue weighted by molar-refractivity contribution is 5.75. The van der Waals surface area contributed by atoms with E-state index in [9.17, 15) is 4.79 Å². The van der Waals surface area contributed by atoms with Crippen molar-refractivity contribution >= 4 is 5.97 Å². The molecule has 2 aliphatic heterocycles. The SMILES string of the molecule is C[C@@H]1C[C@@H](CCOC(=O)C(C)(C)C)O[C@@H]1[C@@H](C)CC1OCCCO1. The van der Waals surface area contributed by atoms with Crippen molar-refractivity contribution in [3.05, 3.63) is 0 Å². The summed E-state index contributed by atoms with van der Waals surface area (Å²) < 4.78 is 22.9. The Morgan fingerprint density at radius 1 is 1.25 bits per heavy atom. The van der Waals surface area contributed by atoms with Gasteiger partial charge in [0.2, 0.25) is 0 Å². The first-order valence-electron chi connectivity index (χ1n) is 9.33. The minimum atomic E-state index is -0.444. The van der Waals surface area contributed by atoms with Crippen LogP contribution in [0.4, 0.5) is 0 Å². The summed E-state index contributed by atoms with van der Waals surface area (Å²) in [5.41, 5.74) is -0.444. The standard InChI is InChI=1S/C19H34O5/c1-13-11-15(7-10-23-18(20)19(3,4)5)24-17(13)14(2)12-16-21-8-6-9-22-16/h13-17H,6-12H2,1-5H3/t13-,14+,15-,17+/m1/s1. The van der Waals surface area contributed by atoms with Gasteiger partial charge in [-0.2, -0.15) is 0 Å². The van der Waals surface area contributed by atoms with Crippen molar-refractivity contribution < 1.29 is 23.7 Å². The van der Waals surface area contributed by atoms with Gasteiger partial charge < -0.3 is 18.9 Å². The maximum atomic E-state index is 11.8. The second kappa shape index (κ2) is 8.63. The smallest absolute Gasteiger partial charge is 0.311 e. The lowest BCUT2D eigenvalue weighted by molar-refractivity contribution is -0.191. The van der Waals surface area contributed by atoms with E-state index in [4.69, 9.17) is 18.9 Å². The Hall–Kier alpha value is -0.650. The van der Waals surface area contributed by atoms with Gasteiger partial charge in [0.1, 0.15) is 0 Å². The molecule has 0 aromatic rings. The van der Waals surface area contributed by atoms with Gasteiger partial charge in [-0.15, -0.1) is 0 Å². The molecular weight excluding hydrogens is 308 g/mol. The highest BCUT2D eigenvalue weighted by atomic mass is 16.7. The van der Waals surface area contributed by atoms with Crippen LogP contribution in [0.25, 0.3) is 0 Å². The molecule has 2 fully saturated rings. The molecule has 140 valence electrons. The Kier molecular flexibility index (Phi) is 7.08. The summed E-state index contributed by atoms with van der Waals surface area (Å²) in [5, 5.41) is 0. The number of hydrogen-bond donors (Lipinski definition) is 0. The minimum absolute atomic E-state index is 0.0867. The molecule has 0 saturated carbocycles. The van der Waals surface area contributed by atoms with Gasteiger partial charge >= 0.3 is 5.97 Å². The number of esters is 1. The van der Waals surface area contributed by atoms with Crippen LogP contribution < -0.4 is 0 Å². The Balaban J connectivity index is 1.71. The summed E-state index contributed by atoms with van der Waals surface area (Å²) in [7, 11) is 0. The van der Waals surface area contributed by atoms with Gasteiger partial charge in [0.05, 0.1) is 37.4 Å². The molecule has 4 atom stereocenters. The summed E-state index contributed by atoms with van der Waals surface area (Å²) in [6, 6.07) is 0. The van der Waals surface area contributed by atoms with E-state index in [1.54, 1.807) is 0 Å². The average molecular weight is 342 g/mol. The minimum Gasteiger partial charge on any atom is -0.465 e. The highest BCUT2D eigenvalue weighted by Crippen LogP contribution is 2.35. The van der Waals surface area contributed by atoms with Crippen molar-refractivity contribution in [3.63, 3.8) is 0 Å². The molecule has 5 heteroatoms. The Morgan fingerprint density at radius 3 is 2.54 bits per heavy atom. The largest absolute Gasteiger partial charge is 0.465 e. The molecule has 2 rings (SSSR count). The zero-order valence-corrected chi connectivity index (χ0v) is 15.9. The summed E-state index contributed by atoms with van der Waals surface area (Å²) in [5.74, 6) is 0.752. The molecule has 0 spiro atoms. The van der Waals surface area contributed by atoms with E-state index in [0.717, 1.165) is 38.9 Å². The van der Waals surface area contributed by atoms with Gasteiger partial charge in [-0.25, -0.2) is 0 Å². The van der Waals surface area contributed by atoms with E-state index in [0.29, 0.717) is 18.4 Å². The molecule has 24 heavy (non-hydrogen) atoms. The molecule has 0 radical (unpaired) electrons. The molecule has 0 aliphatic carbocycles. The Morgan fingerprint density at radius 2 is 1.92 bits per heavy atom. The van der Waals surface area contributed by atoms with Crippen molar-refractivity contribution in [1.82, 2.24) is 0 Å². The zero-order valence-electron chi connectivity index (χ0n) is 15.9. The molecule has 2 heterocycles. The highest BCUT2D eigenvalue weighted by Gasteiger charge is 2.37. The number of ether oxygens (including phenoxy) is 4. The third-order valence-corrected chi connectivity index (χ3v) is 4.85. The third kappa shape index (κ3) is 5.71. The van der Waals surface area contributed by atoms with Crippen LogP contribution in [0, 0.1) is 17.3 Å². The maximum Gasteiger partial charge on any atom is 0.311 e. The monoisotopic (exact) mass is 342 g/mol. The van der Waals surface area contributed by atoms with E-state index in [1.165, 1.54) is 0 Å². The second-order valence-electron chi connectivity index (χ2n) is 8.35. The van der Waals surface area contributed by atoms with Crippen molar-refractivity contribution in [2.45, 2.75) is 78.8 Å². The Bertz CT molecular complexity index is 397. The molecule has 0 amide bonds. The van der Waals surface area contributed by atoms with Crippen molar-refractivity contribution in [2.24, 2.45) is 17.3 Å². The normalized spacial score (nSPS) is 30.3. The lowest BCUT2D eigenvalue weighted by Gasteiger charge is -2.29. The van der Waals surface area contributed by atoms with Gasteiger partial charge in [0.25, 0.3) is 0 Å². The lowest BCUT2D eigenvalue weighted by Crippen LogP contribution is -2.32. The molecule has 5 nitrogen and oxygen atoms in total. The number of carbonyl (C=O) groups is 1. The first-order chi connectivity index (χ1) is 11.3. The maximum absolute atomic E-state index is 11.8. The van der Waals surface area contributed by atoms with Crippen LogP contribution in [-0.2, 0) is 23.7 Å². The van der Waals surface area contributed by atoms with E-state index in [2.05, 4.69) is 13.8 Å². The van der Waals surface area contributed by atoms with Gasteiger partial charge in [-0.05, 0) is 45.4 Å². The summed E-state index contributed by atoms with van der Waals surface area (Å²) in [4.78, 5) is 11.8. The summed E-state index contributed by atoms with van der Waals surface area (Å²) >= 11 is 0. The fraction of sp³-hybridized carbons (Fsp3) is 0.947. The van der Waals surface area contributed by atoms with E-state index >= 15 is 0 Å². The number of carbonyl (C=O) groups excluding carboxylic acids is 1. The fourth-order valence-corrected chi connectivity index (χ4v) is 3.45. The molecule has 0 aromatic carbocycles. The lowest BCUT2D eigenvalue weighted by atomic mass is 9.90. The molecule has 0 bridgehead atoms. The van der Waals surface area contributed by atoms with Gasteiger partial charge in [-0.1, -0.05) is 13.8 Å². The molecular formula is C19H34O5. The van der Waals surface area contributed by atoms with Gasteiger partial charge in [0.15, 0.2) is 6.29 Å². The van der Waals surface area contributed by atoms with Crippen LogP contribution in [0.5, 0.6) is 0 Å². The first-order valence-corrected chi connectivity index (χ1v) is 9.33. The Labute approximate surface area is 146 Å². The quantitative estimate of drug-likeness (QED) is 0.691. The van der Waals surface area contributed by atoms with Crippen LogP contribution >= 0.6 is 0 Å². The van der Waals surface area contributed by atoms with Gasteiger partial charge in [0, 0.05) is 12.8 Å². The van der Waals surface area contributed by atoms with E-state index in [1.807, 2.05) is 20.8 Å². The number of hydrogen-bond acceptors (Lipinski definition) is 5. The summed E-state index contributed by atoms with van der Waals surface area (Å²) in [6.07, 6.45) is 3.96. The van der Waals surface area contributed by atoms with Crippen LogP contribution in [-0.4, -0.2) is 44.3 Å². The van der Waals surface area contributed by atoms with Crippen molar-refractivity contribution in [3.8, 4) is 0 Å². The molecule has 0 unspecified atom stereocenters. The topological polar surface area (TPSA) is 54.0 Å². The predicted octanol–water partition coefficient (Wildman–Crippen LogP) is 3.55. The number of rotatable bonds is 6. The van der Waals surface area contributed by atoms with Crippen molar-refractivity contribution in [2.75, 3.05) is 19.8 Å². The second-order valence-corrected chi connectivity index (χ2v) is 8.35. The first kappa shape index (κ1) is 19.7. The molecule has 2 saturated heterocycles. The molecule has 0 N–H and O–H groups in total. The van der Waals surface area contributed by atoms with Crippen LogP contribution in [0.3, 0.4) is 0 Å². The predicted molar refractivity (Wildman–Crippen MR) is 91.6 cm³/mol. The third-order valence-electron chi connectivity index (χ3n) is 4.85. The van der Waals surface area contributed by atoms with Crippen LogP contribution in [0.2, 0.25) is 0 Å². The fourth-order valence-electron chi connectivity index (χ4n) is 3.45.